The first-order valence-electron chi connectivity index (χ1n) is 7.49. The minimum Gasteiger partial charge on any atom is -0.480 e. The topological polar surface area (TPSA) is 57.6 Å². The number of carbonyl (C=O) groups is 2. The van der Waals surface area contributed by atoms with Gasteiger partial charge < -0.3 is 10.0 Å². The van der Waals surface area contributed by atoms with Crippen LogP contribution in [-0.2, 0) is 15.8 Å². The number of carboxylic acids is 1. The molecule has 1 heterocycles. The maximum atomic E-state index is 12.8. The molecule has 0 bridgehead atoms. The fourth-order valence-electron chi connectivity index (χ4n) is 3.28. The number of alkyl halides is 3. The lowest BCUT2D eigenvalue weighted by Gasteiger charge is -2.21. The summed E-state index contributed by atoms with van der Waals surface area (Å²) in [5, 5.41) is 9.12. The first kappa shape index (κ1) is 15.8. The van der Waals surface area contributed by atoms with Crippen LogP contribution in [-0.4, -0.2) is 34.5 Å². The molecule has 0 aromatic heterocycles. The molecule has 1 amide bonds. The Kier molecular flexibility index (Phi) is 3.82. The van der Waals surface area contributed by atoms with Crippen LogP contribution < -0.4 is 0 Å². The Bertz CT molecular complexity index is 644. The summed E-state index contributed by atoms with van der Waals surface area (Å²) in [6, 6.07) is 4.21. The van der Waals surface area contributed by atoms with Gasteiger partial charge in [0.25, 0.3) is 0 Å². The quantitative estimate of drug-likeness (QED) is 0.929. The van der Waals surface area contributed by atoms with Crippen molar-refractivity contribution in [3.63, 3.8) is 0 Å². The van der Waals surface area contributed by atoms with Gasteiger partial charge in [-0.1, -0.05) is 18.2 Å². The van der Waals surface area contributed by atoms with E-state index in [1.165, 1.54) is 11.0 Å². The van der Waals surface area contributed by atoms with Crippen molar-refractivity contribution >= 4 is 11.9 Å². The Balaban J connectivity index is 1.72. The highest BCUT2D eigenvalue weighted by Gasteiger charge is 2.49. The molecule has 0 unspecified atom stereocenters. The van der Waals surface area contributed by atoms with Gasteiger partial charge >= 0.3 is 12.1 Å². The Morgan fingerprint density at radius 2 is 2.00 bits per heavy atom. The van der Waals surface area contributed by atoms with Crippen LogP contribution in [0.2, 0.25) is 0 Å². The average Bonchev–Trinajstić information content (AvgIpc) is 3.13. The van der Waals surface area contributed by atoms with Gasteiger partial charge in [-0.2, -0.15) is 13.2 Å². The van der Waals surface area contributed by atoms with E-state index in [9.17, 15) is 22.8 Å². The van der Waals surface area contributed by atoms with Crippen LogP contribution >= 0.6 is 0 Å². The van der Waals surface area contributed by atoms with Crippen LogP contribution in [0.15, 0.2) is 24.3 Å². The second kappa shape index (κ2) is 5.54. The van der Waals surface area contributed by atoms with Crippen molar-refractivity contribution in [1.29, 1.82) is 0 Å². The summed E-state index contributed by atoms with van der Waals surface area (Å²) in [6.07, 6.45) is -2.86. The van der Waals surface area contributed by atoms with Crippen molar-refractivity contribution in [3.8, 4) is 0 Å². The highest BCUT2D eigenvalue weighted by molar-refractivity contribution is 5.88. The molecule has 7 heteroatoms. The Morgan fingerprint density at radius 3 is 2.65 bits per heavy atom. The standard InChI is InChI=1S/C16H16F3NO3/c17-16(18,19)10-4-1-3-9(7-10)11-8-12(11)14(21)20-6-2-5-13(20)15(22)23/h1,3-4,7,11-13H,2,5-6,8H2,(H,22,23)/t11-,12-,13+/m1/s1. The predicted molar refractivity (Wildman–Crippen MR) is 74.7 cm³/mol. The maximum Gasteiger partial charge on any atom is 0.416 e. The average molecular weight is 327 g/mol. The number of amides is 1. The number of hydrogen-bond donors (Lipinski definition) is 1. The molecular formula is C16H16F3NO3. The Hall–Kier alpha value is -2.05. The molecule has 4 nitrogen and oxygen atoms in total. The number of benzene rings is 1. The van der Waals surface area contributed by atoms with E-state index in [1.807, 2.05) is 0 Å². The molecule has 1 saturated heterocycles. The minimum atomic E-state index is -4.41. The SMILES string of the molecule is O=C(O)[C@@H]1CCCN1C(=O)[C@@H]1C[C@@H]1c1cccc(C(F)(F)F)c1. The molecule has 1 N–H and O–H groups in total. The lowest BCUT2D eigenvalue weighted by molar-refractivity contribution is -0.148. The maximum absolute atomic E-state index is 12.8. The first-order chi connectivity index (χ1) is 10.8. The number of likely N-dealkylation sites (tertiary alicyclic amines) is 1. The number of carbonyl (C=O) groups excluding carboxylic acids is 1. The van der Waals surface area contributed by atoms with E-state index in [-0.39, 0.29) is 11.8 Å². The fraction of sp³-hybridized carbons (Fsp3) is 0.500. The largest absolute Gasteiger partial charge is 0.480 e. The molecule has 0 spiro atoms. The molecule has 23 heavy (non-hydrogen) atoms. The van der Waals surface area contributed by atoms with E-state index in [4.69, 9.17) is 5.11 Å². The van der Waals surface area contributed by atoms with Crippen LogP contribution in [0.3, 0.4) is 0 Å². The molecule has 1 aliphatic carbocycles. The van der Waals surface area contributed by atoms with Gasteiger partial charge in [0.15, 0.2) is 0 Å². The van der Waals surface area contributed by atoms with Gasteiger partial charge in [0.1, 0.15) is 6.04 Å². The van der Waals surface area contributed by atoms with Gasteiger partial charge in [0, 0.05) is 12.5 Å². The van der Waals surface area contributed by atoms with Crippen molar-refractivity contribution in [2.24, 2.45) is 5.92 Å². The van der Waals surface area contributed by atoms with Crippen molar-refractivity contribution in [3.05, 3.63) is 35.4 Å². The summed E-state index contributed by atoms with van der Waals surface area (Å²) < 4.78 is 38.3. The zero-order chi connectivity index (χ0) is 16.8. The van der Waals surface area contributed by atoms with E-state index >= 15 is 0 Å². The third kappa shape index (κ3) is 3.04. The van der Waals surface area contributed by atoms with E-state index < -0.39 is 29.7 Å². The van der Waals surface area contributed by atoms with Gasteiger partial charge in [-0.15, -0.1) is 0 Å². The highest BCUT2D eigenvalue weighted by Crippen LogP contribution is 2.49. The number of rotatable bonds is 3. The number of hydrogen-bond acceptors (Lipinski definition) is 2. The zero-order valence-corrected chi connectivity index (χ0v) is 12.2. The second-order valence-electron chi connectivity index (χ2n) is 6.10. The molecule has 2 fully saturated rings. The Labute approximate surface area is 130 Å². The van der Waals surface area contributed by atoms with Gasteiger partial charge in [-0.05, 0) is 36.8 Å². The van der Waals surface area contributed by atoms with Crippen LogP contribution in [0.4, 0.5) is 13.2 Å². The smallest absolute Gasteiger partial charge is 0.416 e. The molecule has 1 aromatic carbocycles. The van der Waals surface area contributed by atoms with Crippen LogP contribution in [0.25, 0.3) is 0 Å². The zero-order valence-electron chi connectivity index (χ0n) is 12.2. The van der Waals surface area contributed by atoms with Crippen LogP contribution in [0, 0.1) is 5.92 Å². The summed E-state index contributed by atoms with van der Waals surface area (Å²) in [6.45, 7) is 0.404. The molecule has 1 aromatic rings. The van der Waals surface area contributed by atoms with Gasteiger partial charge in [-0.3, -0.25) is 4.79 Å². The molecule has 2 aliphatic rings. The van der Waals surface area contributed by atoms with Gasteiger partial charge in [0.05, 0.1) is 5.56 Å². The lowest BCUT2D eigenvalue weighted by Crippen LogP contribution is -2.41. The lowest BCUT2D eigenvalue weighted by atomic mass is 10.0. The molecule has 3 atom stereocenters. The number of carboxylic acid groups (broad SMARTS) is 1. The second-order valence-corrected chi connectivity index (χ2v) is 6.10. The molecule has 3 rings (SSSR count). The van der Waals surface area contributed by atoms with E-state index in [0.29, 0.717) is 31.4 Å². The molecule has 124 valence electrons. The van der Waals surface area contributed by atoms with Crippen LogP contribution in [0.5, 0.6) is 0 Å². The van der Waals surface area contributed by atoms with E-state index in [2.05, 4.69) is 0 Å². The first-order valence-corrected chi connectivity index (χ1v) is 7.49. The number of halogens is 3. The summed E-state index contributed by atoms with van der Waals surface area (Å²) in [7, 11) is 0. The van der Waals surface area contributed by atoms with E-state index in [1.54, 1.807) is 6.07 Å². The third-order valence-electron chi connectivity index (χ3n) is 4.57. The van der Waals surface area contributed by atoms with Crippen molar-refractivity contribution in [2.45, 2.75) is 37.4 Å². The molecule has 1 aliphatic heterocycles. The summed E-state index contributed by atoms with van der Waals surface area (Å²) >= 11 is 0. The molecule has 1 saturated carbocycles. The Morgan fingerprint density at radius 1 is 1.26 bits per heavy atom. The monoisotopic (exact) mass is 327 g/mol. The van der Waals surface area contributed by atoms with Gasteiger partial charge in [0.2, 0.25) is 5.91 Å². The summed E-state index contributed by atoms with van der Waals surface area (Å²) in [4.78, 5) is 24.9. The summed E-state index contributed by atoms with van der Waals surface area (Å²) in [5.41, 5.74) is -0.234. The van der Waals surface area contributed by atoms with Crippen molar-refractivity contribution in [1.82, 2.24) is 4.90 Å². The van der Waals surface area contributed by atoms with Crippen molar-refractivity contribution in [2.75, 3.05) is 6.54 Å². The highest BCUT2D eigenvalue weighted by atomic mass is 19.4. The number of aliphatic carboxylic acids is 1. The van der Waals surface area contributed by atoms with Crippen LogP contribution in [0.1, 0.15) is 36.3 Å². The third-order valence-corrected chi connectivity index (χ3v) is 4.57. The molecule has 0 radical (unpaired) electrons. The van der Waals surface area contributed by atoms with Crippen molar-refractivity contribution < 1.29 is 27.9 Å². The predicted octanol–water partition coefficient (Wildman–Crippen LogP) is 2.88. The fourth-order valence-corrected chi connectivity index (χ4v) is 3.28. The van der Waals surface area contributed by atoms with Gasteiger partial charge in [-0.25, -0.2) is 4.79 Å². The van der Waals surface area contributed by atoms with E-state index in [0.717, 1.165) is 12.1 Å². The summed E-state index contributed by atoms with van der Waals surface area (Å²) in [5.74, 6) is -1.93. The molecular weight excluding hydrogens is 311 g/mol. The number of nitrogens with zero attached hydrogens (tertiary/aromatic N) is 1. The minimum absolute atomic E-state index is 0.250. The normalized spacial score (nSPS) is 27.1.